The zero-order valence-corrected chi connectivity index (χ0v) is 8.25. The van der Waals surface area contributed by atoms with E-state index in [4.69, 9.17) is 0 Å². The molecule has 0 amide bonds. The lowest BCUT2D eigenvalue weighted by Gasteiger charge is -2.24. The Hall–Kier alpha value is -1.52. The minimum absolute atomic E-state index is 0.139. The fourth-order valence-electron chi connectivity index (χ4n) is 1.66. The van der Waals surface area contributed by atoms with Crippen molar-refractivity contribution in [1.29, 1.82) is 0 Å². The van der Waals surface area contributed by atoms with Crippen LogP contribution in [0.4, 0.5) is 13.2 Å². The van der Waals surface area contributed by atoms with Crippen molar-refractivity contribution in [2.75, 3.05) is 0 Å². The second kappa shape index (κ2) is 3.81. The van der Waals surface area contributed by atoms with Crippen LogP contribution in [0.1, 0.15) is 24.3 Å². The lowest BCUT2D eigenvalue weighted by Crippen LogP contribution is -2.23. The van der Waals surface area contributed by atoms with Crippen LogP contribution in [0.15, 0.2) is 24.3 Å². The summed E-state index contributed by atoms with van der Waals surface area (Å²) in [6.07, 6.45) is -3.34. The summed E-state index contributed by atoms with van der Waals surface area (Å²) in [5, 5.41) is 0. The summed E-state index contributed by atoms with van der Waals surface area (Å²) in [6.45, 7) is 0. The SMILES string of the molecule is O=C1CC[C@@H]1c1ccc(OC(F)(F)F)cc1. The van der Waals surface area contributed by atoms with Crippen LogP contribution in [0.5, 0.6) is 5.75 Å². The van der Waals surface area contributed by atoms with Crippen molar-refractivity contribution in [3.05, 3.63) is 29.8 Å². The van der Waals surface area contributed by atoms with Crippen LogP contribution in [0.2, 0.25) is 0 Å². The monoisotopic (exact) mass is 230 g/mol. The first-order valence-corrected chi connectivity index (χ1v) is 4.84. The van der Waals surface area contributed by atoms with Gasteiger partial charge in [-0.2, -0.15) is 0 Å². The molecule has 2 rings (SSSR count). The minimum atomic E-state index is -4.67. The maximum absolute atomic E-state index is 11.9. The first-order chi connectivity index (χ1) is 7.46. The highest BCUT2D eigenvalue weighted by Crippen LogP contribution is 2.34. The van der Waals surface area contributed by atoms with Gasteiger partial charge in [-0.15, -0.1) is 13.2 Å². The quantitative estimate of drug-likeness (QED) is 0.780. The maximum Gasteiger partial charge on any atom is 0.573 e. The molecule has 0 spiro atoms. The Morgan fingerprint density at radius 1 is 1.19 bits per heavy atom. The van der Waals surface area contributed by atoms with Crippen molar-refractivity contribution in [3.63, 3.8) is 0 Å². The molecule has 1 fully saturated rings. The Kier molecular flexibility index (Phi) is 2.61. The van der Waals surface area contributed by atoms with E-state index in [-0.39, 0.29) is 17.5 Å². The highest BCUT2D eigenvalue weighted by Gasteiger charge is 2.32. The molecule has 1 aromatic carbocycles. The molecular weight excluding hydrogens is 221 g/mol. The molecule has 0 heterocycles. The van der Waals surface area contributed by atoms with Gasteiger partial charge in [-0.1, -0.05) is 12.1 Å². The molecule has 0 unspecified atom stereocenters. The number of benzene rings is 1. The fourth-order valence-corrected chi connectivity index (χ4v) is 1.66. The Morgan fingerprint density at radius 2 is 1.81 bits per heavy atom. The highest BCUT2D eigenvalue weighted by atomic mass is 19.4. The van der Waals surface area contributed by atoms with Crippen LogP contribution in [0, 0.1) is 0 Å². The summed E-state index contributed by atoms with van der Waals surface area (Å²) in [5.74, 6) is -0.257. The van der Waals surface area contributed by atoms with Gasteiger partial charge in [-0.3, -0.25) is 4.79 Å². The van der Waals surface area contributed by atoms with E-state index in [1.54, 1.807) is 0 Å². The van der Waals surface area contributed by atoms with Crippen molar-refractivity contribution in [2.24, 2.45) is 0 Å². The number of ketones is 1. The molecule has 1 aliphatic carbocycles. The topological polar surface area (TPSA) is 26.3 Å². The maximum atomic E-state index is 11.9. The number of hydrogen-bond donors (Lipinski definition) is 0. The van der Waals surface area contributed by atoms with Crippen LogP contribution < -0.4 is 4.74 Å². The van der Waals surface area contributed by atoms with Crippen molar-refractivity contribution < 1.29 is 22.7 Å². The summed E-state index contributed by atoms with van der Waals surface area (Å²) < 4.78 is 39.3. The molecule has 1 atom stereocenters. The van der Waals surface area contributed by atoms with Crippen LogP contribution in [0.25, 0.3) is 0 Å². The molecule has 0 aromatic heterocycles. The summed E-state index contributed by atoms with van der Waals surface area (Å²) in [6, 6.07) is 5.47. The van der Waals surface area contributed by atoms with Gasteiger partial charge in [0.05, 0.1) is 0 Å². The van der Waals surface area contributed by atoms with Crippen molar-refractivity contribution in [3.8, 4) is 5.75 Å². The van der Waals surface area contributed by atoms with Gasteiger partial charge in [0.15, 0.2) is 0 Å². The average molecular weight is 230 g/mol. The molecule has 2 nitrogen and oxygen atoms in total. The molecule has 1 aliphatic rings. The summed E-state index contributed by atoms with van der Waals surface area (Å²) in [4.78, 5) is 11.1. The summed E-state index contributed by atoms with van der Waals surface area (Å²) >= 11 is 0. The van der Waals surface area contributed by atoms with Gasteiger partial charge in [0.25, 0.3) is 0 Å². The summed E-state index contributed by atoms with van der Waals surface area (Å²) in [5.41, 5.74) is 0.755. The summed E-state index contributed by atoms with van der Waals surface area (Å²) in [7, 11) is 0. The van der Waals surface area contributed by atoms with Gasteiger partial charge in [0.2, 0.25) is 0 Å². The predicted molar refractivity (Wildman–Crippen MR) is 50.1 cm³/mol. The number of carbonyl (C=O) groups excluding carboxylic acids is 1. The Balaban J connectivity index is 2.07. The molecule has 0 aliphatic heterocycles. The molecule has 0 bridgehead atoms. The third-order valence-electron chi connectivity index (χ3n) is 2.58. The van der Waals surface area contributed by atoms with Crippen molar-refractivity contribution in [2.45, 2.75) is 25.1 Å². The second-order valence-corrected chi connectivity index (χ2v) is 3.67. The van der Waals surface area contributed by atoms with Gasteiger partial charge < -0.3 is 4.74 Å². The molecule has 0 saturated heterocycles. The van der Waals surface area contributed by atoms with Gasteiger partial charge in [0.1, 0.15) is 11.5 Å². The number of ether oxygens (including phenoxy) is 1. The zero-order valence-electron chi connectivity index (χ0n) is 8.25. The molecule has 0 radical (unpaired) electrons. The Bertz CT molecular complexity index is 395. The van der Waals surface area contributed by atoms with E-state index >= 15 is 0 Å². The predicted octanol–water partition coefficient (Wildman–Crippen LogP) is 3.03. The van der Waals surface area contributed by atoms with E-state index < -0.39 is 6.36 Å². The number of Topliss-reactive ketones (excluding diaryl/α,β-unsaturated/α-hetero) is 1. The number of carbonyl (C=O) groups is 1. The van der Waals surface area contributed by atoms with E-state index in [9.17, 15) is 18.0 Å². The highest BCUT2D eigenvalue weighted by molar-refractivity contribution is 5.91. The largest absolute Gasteiger partial charge is 0.573 e. The normalized spacial score (nSPS) is 20.4. The van der Waals surface area contributed by atoms with E-state index in [1.807, 2.05) is 0 Å². The van der Waals surface area contributed by atoms with E-state index in [1.165, 1.54) is 24.3 Å². The number of halogens is 3. The van der Waals surface area contributed by atoms with Gasteiger partial charge in [-0.25, -0.2) is 0 Å². The Morgan fingerprint density at radius 3 is 2.19 bits per heavy atom. The number of hydrogen-bond acceptors (Lipinski definition) is 2. The van der Waals surface area contributed by atoms with Crippen LogP contribution in [-0.4, -0.2) is 12.1 Å². The molecular formula is C11H9F3O2. The fraction of sp³-hybridized carbons (Fsp3) is 0.364. The molecule has 1 aromatic rings. The molecule has 16 heavy (non-hydrogen) atoms. The van der Waals surface area contributed by atoms with Gasteiger partial charge in [0, 0.05) is 12.3 Å². The van der Waals surface area contributed by atoms with Crippen molar-refractivity contribution in [1.82, 2.24) is 0 Å². The number of rotatable bonds is 2. The van der Waals surface area contributed by atoms with Crippen LogP contribution >= 0.6 is 0 Å². The standard InChI is InChI=1S/C11H9F3O2/c12-11(13,14)16-8-3-1-7(2-4-8)9-5-6-10(9)15/h1-4,9H,5-6H2/t9-/m1/s1. The minimum Gasteiger partial charge on any atom is -0.406 e. The molecule has 86 valence electrons. The molecule has 5 heteroatoms. The third kappa shape index (κ3) is 2.35. The lowest BCUT2D eigenvalue weighted by atomic mass is 9.79. The van der Waals surface area contributed by atoms with Crippen LogP contribution in [0.3, 0.4) is 0 Å². The average Bonchev–Trinajstić information content (AvgIpc) is 2.16. The zero-order chi connectivity index (χ0) is 11.8. The van der Waals surface area contributed by atoms with Gasteiger partial charge >= 0.3 is 6.36 Å². The van der Waals surface area contributed by atoms with E-state index in [0.29, 0.717) is 6.42 Å². The first-order valence-electron chi connectivity index (χ1n) is 4.84. The van der Waals surface area contributed by atoms with Crippen LogP contribution in [-0.2, 0) is 4.79 Å². The Labute approximate surface area is 90.0 Å². The van der Waals surface area contributed by atoms with Crippen molar-refractivity contribution >= 4 is 5.78 Å². The first kappa shape index (κ1) is 11.0. The molecule has 1 saturated carbocycles. The second-order valence-electron chi connectivity index (χ2n) is 3.67. The van der Waals surface area contributed by atoms with Gasteiger partial charge in [-0.05, 0) is 24.1 Å². The molecule has 0 N–H and O–H groups in total. The lowest BCUT2D eigenvalue weighted by molar-refractivity contribution is -0.274. The van der Waals surface area contributed by atoms with E-state index in [0.717, 1.165) is 12.0 Å². The third-order valence-corrected chi connectivity index (χ3v) is 2.58. The smallest absolute Gasteiger partial charge is 0.406 e. The number of alkyl halides is 3. The van der Waals surface area contributed by atoms with E-state index in [2.05, 4.69) is 4.74 Å².